The molecular weight excluding hydrogens is 367 g/mol. The summed E-state index contributed by atoms with van der Waals surface area (Å²) in [4.78, 5) is 12.4. The van der Waals surface area contributed by atoms with E-state index in [9.17, 15) is 4.79 Å². The van der Waals surface area contributed by atoms with Crippen LogP contribution in [0.2, 0.25) is 5.82 Å². The SMILES string of the molecule is CC1(C)OC(=O)c2cccc(C3CC3B3OC4C[C@@H]5C[C@@H](C5(C)C)[C@]4(C)O3)c2O1. The summed E-state index contributed by atoms with van der Waals surface area (Å²) in [5, 5.41) is 0. The van der Waals surface area contributed by atoms with Crippen LogP contribution in [-0.4, -0.2) is 30.6 Å². The Labute approximate surface area is 172 Å². The summed E-state index contributed by atoms with van der Waals surface area (Å²) in [5.41, 5.74) is 1.78. The average molecular weight is 396 g/mol. The summed E-state index contributed by atoms with van der Waals surface area (Å²) in [5.74, 6) is 1.35. The second-order valence-electron chi connectivity index (χ2n) is 11.0. The molecule has 0 amide bonds. The number of hydrogen-bond acceptors (Lipinski definition) is 5. The molecule has 1 saturated heterocycles. The van der Waals surface area contributed by atoms with Gasteiger partial charge in [0.2, 0.25) is 5.79 Å². The maximum absolute atomic E-state index is 12.4. The first-order valence-electron chi connectivity index (χ1n) is 11.0. The standard InChI is InChI=1S/C23H29BO5/c1-21(2)12-9-17(21)23(5)18(10-12)28-24(29-23)16-11-15(16)13-7-6-8-14-19(13)26-22(3,4)27-20(14)25/h6-8,12,15-18H,9-11H2,1-5H3/t12-,15?,16?,17-,18?,23-/m0/s1. The molecule has 0 N–H and O–H groups in total. The fourth-order valence-electron chi connectivity index (χ4n) is 6.62. The Balaban J connectivity index is 1.25. The van der Waals surface area contributed by atoms with Crippen LogP contribution in [0, 0.1) is 17.3 Å². The van der Waals surface area contributed by atoms with Gasteiger partial charge in [-0.15, -0.1) is 0 Å². The van der Waals surface area contributed by atoms with Crippen molar-refractivity contribution in [1.29, 1.82) is 0 Å². The van der Waals surface area contributed by atoms with Crippen molar-refractivity contribution >= 4 is 13.1 Å². The molecule has 29 heavy (non-hydrogen) atoms. The van der Waals surface area contributed by atoms with Gasteiger partial charge in [-0.3, -0.25) is 0 Å². The number of fused-ring (bicyclic) bond motifs is 1. The van der Waals surface area contributed by atoms with Crippen LogP contribution in [0.3, 0.4) is 0 Å². The Bertz CT molecular complexity index is 911. The monoisotopic (exact) mass is 396 g/mol. The highest BCUT2D eigenvalue weighted by Crippen LogP contribution is 2.68. The molecule has 7 rings (SSSR count). The molecule has 4 aliphatic carbocycles. The average Bonchev–Trinajstić information content (AvgIpc) is 3.33. The Hall–Kier alpha value is -1.53. The Kier molecular flexibility index (Phi) is 3.39. The number of rotatable bonds is 2. The lowest BCUT2D eigenvalue weighted by Gasteiger charge is -2.64. The molecule has 0 spiro atoms. The van der Waals surface area contributed by atoms with Gasteiger partial charge >= 0.3 is 13.1 Å². The number of carbonyl (C=O) groups excluding carboxylic acids is 1. The van der Waals surface area contributed by atoms with Gasteiger partial charge < -0.3 is 18.8 Å². The van der Waals surface area contributed by atoms with E-state index in [1.54, 1.807) is 19.9 Å². The zero-order valence-corrected chi connectivity index (χ0v) is 17.9. The molecule has 6 atom stereocenters. The van der Waals surface area contributed by atoms with Crippen molar-refractivity contribution in [3.63, 3.8) is 0 Å². The van der Waals surface area contributed by atoms with Crippen LogP contribution in [0.4, 0.5) is 0 Å². The molecule has 4 saturated carbocycles. The molecule has 6 aliphatic rings. The highest BCUT2D eigenvalue weighted by atomic mass is 16.7. The van der Waals surface area contributed by atoms with Crippen molar-refractivity contribution in [3.05, 3.63) is 29.3 Å². The number of ether oxygens (including phenoxy) is 2. The molecule has 2 aliphatic heterocycles. The minimum atomic E-state index is -0.945. The number of para-hydroxylation sites is 1. The molecule has 1 aromatic carbocycles. The first-order chi connectivity index (χ1) is 13.6. The number of hydrogen-bond donors (Lipinski definition) is 0. The predicted molar refractivity (Wildman–Crippen MR) is 108 cm³/mol. The molecule has 2 bridgehead atoms. The van der Waals surface area contributed by atoms with Gasteiger partial charge in [-0.1, -0.05) is 26.0 Å². The maximum Gasteiger partial charge on any atom is 0.461 e. The van der Waals surface area contributed by atoms with Crippen molar-refractivity contribution in [2.24, 2.45) is 17.3 Å². The summed E-state index contributed by atoms with van der Waals surface area (Å²) >= 11 is 0. The van der Waals surface area contributed by atoms with E-state index in [1.807, 2.05) is 6.07 Å². The highest BCUT2D eigenvalue weighted by molar-refractivity contribution is 6.49. The number of cyclic esters (lactones) is 1. The van der Waals surface area contributed by atoms with Gasteiger partial charge in [-0.25, -0.2) is 4.79 Å². The summed E-state index contributed by atoms with van der Waals surface area (Å²) in [7, 11) is -0.162. The highest BCUT2D eigenvalue weighted by Gasteiger charge is 2.70. The van der Waals surface area contributed by atoms with Crippen LogP contribution >= 0.6 is 0 Å². The summed E-state index contributed by atoms with van der Waals surface area (Å²) in [6.45, 7) is 10.6. The molecule has 5 nitrogen and oxygen atoms in total. The molecule has 6 heteroatoms. The lowest BCUT2D eigenvalue weighted by atomic mass is 9.43. The van der Waals surface area contributed by atoms with Crippen LogP contribution < -0.4 is 4.74 Å². The van der Waals surface area contributed by atoms with E-state index in [-0.39, 0.29) is 24.8 Å². The first kappa shape index (κ1) is 18.3. The summed E-state index contributed by atoms with van der Waals surface area (Å²) < 4.78 is 24.6. The zero-order valence-electron chi connectivity index (χ0n) is 17.9. The Morgan fingerprint density at radius 1 is 1.03 bits per heavy atom. The van der Waals surface area contributed by atoms with Crippen LogP contribution in [0.1, 0.15) is 75.7 Å². The van der Waals surface area contributed by atoms with Crippen molar-refractivity contribution in [1.82, 2.24) is 0 Å². The van der Waals surface area contributed by atoms with Gasteiger partial charge in [0.15, 0.2) is 0 Å². The minimum absolute atomic E-state index is 0.162. The van der Waals surface area contributed by atoms with E-state index in [0.717, 1.165) is 24.3 Å². The quantitative estimate of drug-likeness (QED) is 0.542. The van der Waals surface area contributed by atoms with Gasteiger partial charge in [0.1, 0.15) is 11.3 Å². The van der Waals surface area contributed by atoms with Crippen LogP contribution in [-0.2, 0) is 14.0 Å². The third kappa shape index (κ3) is 2.39. The van der Waals surface area contributed by atoms with E-state index < -0.39 is 5.79 Å². The minimum Gasteiger partial charge on any atom is -0.452 e. The summed E-state index contributed by atoms with van der Waals surface area (Å²) in [6, 6.07) is 5.77. The lowest BCUT2D eigenvalue weighted by molar-refractivity contribution is -0.199. The van der Waals surface area contributed by atoms with Crippen LogP contribution in [0.25, 0.3) is 0 Å². The van der Waals surface area contributed by atoms with E-state index in [4.69, 9.17) is 18.8 Å². The fraction of sp³-hybridized carbons (Fsp3) is 0.696. The number of benzene rings is 1. The maximum atomic E-state index is 12.4. The largest absolute Gasteiger partial charge is 0.461 e. The third-order valence-electron chi connectivity index (χ3n) is 8.51. The topological polar surface area (TPSA) is 54.0 Å². The van der Waals surface area contributed by atoms with E-state index in [2.05, 4.69) is 26.8 Å². The van der Waals surface area contributed by atoms with Crippen molar-refractivity contribution < 1.29 is 23.6 Å². The van der Waals surface area contributed by atoms with E-state index in [1.165, 1.54) is 6.42 Å². The molecule has 0 radical (unpaired) electrons. The van der Waals surface area contributed by atoms with Crippen molar-refractivity contribution in [2.75, 3.05) is 0 Å². The van der Waals surface area contributed by atoms with Crippen LogP contribution in [0.5, 0.6) is 5.75 Å². The second kappa shape index (κ2) is 5.39. The van der Waals surface area contributed by atoms with E-state index >= 15 is 0 Å². The molecule has 154 valence electrons. The Morgan fingerprint density at radius 3 is 2.59 bits per heavy atom. The van der Waals surface area contributed by atoms with Gasteiger partial charge in [-0.05, 0) is 61.0 Å². The van der Waals surface area contributed by atoms with Gasteiger partial charge in [0, 0.05) is 19.7 Å². The van der Waals surface area contributed by atoms with Crippen molar-refractivity contribution in [3.8, 4) is 5.75 Å². The first-order valence-corrected chi connectivity index (χ1v) is 11.0. The van der Waals surface area contributed by atoms with Crippen molar-refractivity contribution in [2.45, 2.75) is 83.1 Å². The van der Waals surface area contributed by atoms with Gasteiger partial charge in [-0.2, -0.15) is 0 Å². The molecule has 2 heterocycles. The number of carbonyl (C=O) groups is 1. The lowest BCUT2D eigenvalue weighted by Crippen LogP contribution is -2.65. The van der Waals surface area contributed by atoms with Gasteiger partial charge in [0.05, 0.1) is 11.7 Å². The Morgan fingerprint density at radius 2 is 1.83 bits per heavy atom. The number of esters is 1. The molecular formula is C23H29BO5. The van der Waals surface area contributed by atoms with E-state index in [0.29, 0.717) is 34.4 Å². The van der Waals surface area contributed by atoms with Crippen LogP contribution in [0.15, 0.2) is 18.2 Å². The fourth-order valence-corrected chi connectivity index (χ4v) is 6.62. The predicted octanol–water partition coefficient (Wildman–Crippen LogP) is 4.56. The normalized spacial score (nSPS) is 42.9. The smallest absolute Gasteiger partial charge is 0.452 e. The molecule has 0 aromatic heterocycles. The second-order valence-corrected chi connectivity index (χ2v) is 11.0. The summed E-state index contributed by atoms with van der Waals surface area (Å²) in [6.07, 6.45) is 3.58. The van der Waals surface area contributed by atoms with Gasteiger partial charge in [0.25, 0.3) is 0 Å². The molecule has 3 unspecified atom stereocenters. The zero-order chi connectivity index (χ0) is 20.3. The third-order valence-corrected chi connectivity index (χ3v) is 8.51. The molecule has 5 fully saturated rings. The molecule has 1 aromatic rings.